The van der Waals surface area contributed by atoms with Crippen molar-refractivity contribution in [3.05, 3.63) is 155 Å². The molecule has 0 bridgehead atoms. The van der Waals surface area contributed by atoms with Crippen LogP contribution < -0.4 is 4.74 Å². The van der Waals surface area contributed by atoms with Crippen molar-refractivity contribution in [2.75, 3.05) is 0 Å². The van der Waals surface area contributed by atoms with Crippen LogP contribution in [0, 0.1) is 41.5 Å². The second-order valence-corrected chi connectivity index (χ2v) is 14.1. The van der Waals surface area contributed by atoms with E-state index in [1.807, 2.05) is 0 Å². The van der Waals surface area contributed by atoms with Crippen LogP contribution >= 0.6 is 0 Å². The molecule has 0 aliphatic rings. The summed E-state index contributed by atoms with van der Waals surface area (Å²) >= 11 is 0. The zero-order chi connectivity index (χ0) is 33.6. The quantitative estimate of drug-likeness (QED) is 0.139. The summed E-state index contributed by atoms with van der Waals surface area (Å²) in [6, 6.07) is 44.9. The highest BCUT2D eigenvalue weighted by molar-refractivity contribution is 6.20. The molecule has 0 amide bonds. The molecule has 9 aromatic rings. The Balaban J connectivity index is 1.35. The largest absolute Gasteiger partial charge is 0.455 e. The average molecular weight is 631 g/mol. The van der Waals surface area contributed by atoms with Crippen LogP contribution in [0.15, 0.2) is 121 Å². The third-order valence-electron chi connectivity index (χ3n) is 10.8. The molecular weight excluding hydrogens is 593 g/mol. The number of aryl methyl sites for hydroxylation is 6. The minimum absolute atomic E-state index is 0.884. The summed E-state index contributed by atoms with van der Waals surface area (Å²) in [6.07, 6.45) is 0. The van der Waals surface area contributed by atoms with Gasteiger partial charge >= 0.3 is 0 Å². The van der Waals surface area contributed by atoms with Gasteiger partial charge in [0.1, 0.15) is 11.5 Å². The van der Waals surface area contributed by atoms with Crippen LogP contribution in [0.5, 0.6) is 11.5 Å². The Morgan fingerprint density at radius 3 is 1.51 bits per heavy atom. The van der Waals surface area contributed by atoms with Crippen molar-refractivity contribution >= 4 is 64.6 Å². The Bertz CT molecular complexity index is 2800. The number of fused-ring (bicyclic) bond motifs is 8. The summed E-state index contributed by atoms with van der Waals surface area (Å²) in [7, 11) is 0. The minimum atomic E-state index is 0.884. The van der Waals surface area contributed by atoms with E-state index in [1.165, 1.54) is 93.0 Å². The summed E-state index contributed by atoms with van der Waals surface area (Å²) in [5.74, 6) is 1.78. The lowest BCUT2D eigenvalue weighted by atomic mass is 9.85. The molecule has 1 heteroatoms. The van der Waals surface area contributed by atoms with Gasteiger partial charge in [0.2, 0.25) is 0 Å². The second kappa shape index (κ2) is 10.9. The average Bonchev–Trinajstić information content (AvgIpc) is 3.10. The fourth-order valence-corrected chi connectivity index (χ4v) is 8.16. The van der Waals surface area contributed by atoms with Gasteiger partial charge < -0.3 is 4.74 Å². The smallest absolute Gasteiger partial charge is 0.143 e. The summed E-state index contributed by atoms with van der Waals surface area (Å²) in [6.45, 7) is 13.3. The van der Waals surface area contributed by atoms with Crippen molar-refractivity contribution in [2.24, 2.45) is 0 Å². The Hall–Kier alpha value is -5.66. The number of ether oxygens (including phenoxy) is 1. The Kier molecular flexibility index (Phi) is 6.58. The monoisotopic (exact) mass is 630 g/mol. The van der Waals surface area contributed by atoms with Crippen LogP contribution in [-0.4, -0.2) is 0 Å². The van der Waals surface area contributed by atoms with Gasteiger partial charge in [0.25, 0.3) is 0 Å². The number of hydrogen-bond acceptors (Lipinski definition) is 1. The van der Waals surface area contributed by atoms with E-state index in [-0.39, 0.29) is 0 Å². The van der Waals surface area contributed by atoms with E-state index in [1.54, 1.807) is 0 Å². The van der Waals surface area contributed by atoms with E-state index in [0.717, 1.165) is 27.7 Å². The number of benzene rings is 9. The third kappa shape index (κ3) is 4.53. The van der Waals surface area contributed by atoms with E-state index < -0.39 is 0 Å². The molecule has 0 radical (unpaired) electrons. The first kappa shape index (κ1) is 29.5. The van der Waals surface area contributed by atoms with E-state index in [9.17, 15) is 0 Å². The maximum atomic E-state index is 7.21. The molecule has 0 aliphatic heterocycles. The fourth-order valence-electron chi connectivity index (χ4n) is 8.16. The fraction of sp³-hybridized carbons (Fsp3) is 0.125. The van der Waals surface area contributed by atoms with Crippen LogP contribution in [-0.2, 0) is 0 Å². The standard InChI is InChI=1S/C48H38O/c1-27-15-18-34-33(21-27)25-46(45-23-29(3)16-19-35(34)45)49-48-39-13-9-7-11-37(39)47(38-12-8-10-14-40(38)48)41-26-44-36-20-17-28(2)22-42(36)31(5)32(6)43(44)24-30(41)4/h7-26H,1-6H3. The van der Waals surface area contributed by atoms with Crippen molar-refractivity contribution in [1.29, 1.82) is 0 Å². The normalized spacial score (nSPS) is 11.9. The highest BCUT2D eigenvalue weighted by Gasteiger charge is 2.21. The molecule has 9 rings (SSSR count). The van der Waals surface area contributed by atoms with Gasteiger partial charge in [-0.15, -0.1) is 0 Å². The first-order chi connectivity index (χ1) is 23.8. The second-order valence-electron chi connectivity index (χ2n) is 14.1. The zero-order valence-corrected chi connectivity index (χ0v) is 29.0. The Morgan fingerprint density at radius 1 is 0.367 bits per heavy atom. The molecule has 0 saturated carbocycles. The first-order valence-corrected chi connectivity index (χ1v) is 17.3. The van der Waals surface area contributed by atoms with Crippen LogP contribution in [0.2, 0.25) is 0 Å². The van der Waals surface area contributed by atoms with Crippen molar-refractivity contribution in [3.8, 4) is 22.6 Å². The van der Waals surface area contributed by atoms with Crippen molar-refractivity contribution < 1.29 is 4.74 Å². The predicted octanol–water partition coefficient (Wildman–Crippen LogP) is 13.9. The molecule has 0 unspecified atom stereocenters. The molecule has 236 valence electrons. The van der Waals surface area contributed by atoms with E-state index in [4.69, 9.17) is 4.74 Å². The summed E-state index contributed by atoms with van der Waals surface area (Å²) in [5, 5.41) is 14.7. The van der Waals surface area contributed by atoms with Crippen LogP contribution in [0.25, 0.3) is 75.8 Å². The van der Waals surface area contributed by atoms with Crippen molar-refractivity contribution in [1.82, 2.24) is 0 Å². The maximum Gasteiger partial charge on any atom is 0.143 e. The highest BCUT2D eigenvalue weighted by Crippen LogP contribution is 2.48. The lowest BCUT2D eigenvalue weighted by Crippen LogP contribution is -1.96. The van der Waals surface area contributed by atoms with Crippen LogP contribution in [0.3, 0.4) is 0 Å². The molecule has 0 aliphatic carbocycles. The molecular formula is C48H38O. The van der Waals surface area contributed by atoms with Gasteiger partial charge in [-0.05, 0) is 136 Å². The molecule has 0 atom stereocenters. The minimum Gasteiger partial charge on any atom is -0.455 e. The molecule has 0 fully saturated rings. The Labute approximate surface area is 287 Å². The molecule has 0 heterocycles. The maximum absolute atomic E-state index is 7.21. The molecule has 0 saturated heterocycles. The van der Waals surface area contributed by atoms with Crippen LogP contribution in [0.1, 0.15) is 33.4 Å². The van der Waals surface area contributed by atoms with Gasteiger partial charge in [-0.3, -0.25) is 0 Å². The van der Waals surface area contributed by atoms with Gasteiger partial charge in [0, 0.05) is 16.2 Å². The van der Waals surface area contributed by atoms with E-state index >= 15 is 0 Å². The van der Waals surface area contributed by atoms with E-state index in [0.29, 0.717) is 0 Å². The lowest BCUT2D eigenvalue weighted by Gasteiger charge is -2.21. The van der Waals surface area contributed by atoms with Crippen molar-refractivity contribution in [2.45, 2.75) is 41.5 Å². The topological polar surface area (TPSA) is 9.23 Å². The lowest BCUT2D eigenvalue weighted by molar-refractivity contribution is 0.500. The van der Waals surface area contributed by atoms with Gasteiger partial charge in [-0.2, -0.15) is 0 Å². The number of rotatable bonds is 3. The summed E-state index contributed by atoms with van der Waals surface area (Å²) in [5.41, 5.74) is 10.3. The molecule has 0 aromatic heterocycles. The zero-order valence-electron chi connectivity index (χ0n) is 29.0. The van der Waals surface area contributed by atoms with E-state index in [2.05, 4.69) is 163 Å². The highest BCUT2D eigenvalue weighted by atomic mass is 16.5. The van der Waals surface area contributed by atoms with Gasteiger partial charge in [0.05, 0.1) is 0 Å². The number of hydrogen-bond donors (Lipinski definition) is 0. The van der Waals surface area contributed by atoms with Crippen molar-refractivity contribution in [3.63, 3.8) is 0 Å². The molecule has 9 aromatic carbocycles. The molecule has 1 nitrogen and oxygen atoms in total. The molecule has 49 heavy (non-hydrogen) atoms. The first-order valence-electron chi connectivity index (χ1n) is 17.3. The van der Waals surface area contributed by atoms with Crippen LogP contribution in [0.4, 0.5) is 0 Å². The predicted molar refractivity (Wildman–Crippen MR) is 212 cm³/mol. The van der Waals surface area contributed by atoms with Gasteiger partial charge in [-0.1, -0.05) is 120 Å². The van der Waals surface area contributed by atoms with Gasteiger partial charge in [0.15, 0.2) is 0 Å². The SMILES string of the molecule is Cc1ccc2c(c1)cc(Oc1c3ccccc3c(-c3cc4c(cc3C)c(C)c(C)c3cc(C)ccc34)c3ccccc13)c1cc(C)ccc12. The van der Waals surface area contributed by atoms with Gasteiger partial charge in [-0.25, -0.2) is 0 Å². The summed E-state index contributed by atoms with van der Waals surface area (Å²) < 4.78 is 7.21. The molecule has 0 spiro atoms. The molecule has 0 N–H and O–H groups in total. The summed E-state index contributed by atoms with van der Waals surface area (Å²) in [4.78, 5) is 0. The Morgan fingerprint density at radius 2 is 0.878 bits per heavy atom. The third-order valence-corrected chi connectivity index (χ3v) is 10.8.